The average molecular weight is 298 g/mol. The van der Waals surface area contributed by atoms with E-state index in [1.54, 1.807) is 0 Å². The molecule has 0 aromatic heterocycles. The Morgan fingerprint density at radius 2 is 1.92 bits per heavy atom. The summed E-state index contributed by atoms with van der Waals surface area (Å²) in [6.07, 6.45) is 1.11. The molecule has 0 amide bonds. The van der Waals surface area contributed by atoms with Crippen LogP contribution in [0.4, 0.5) is 0 Å². The van der Waals surface area contributed by atoms with E-state index in [0.717, 1.165) is 6.42 Å². The van der Waals surface area contributed by atoms with Crippen molar-refractivity contribution in [3.63, 3.8) is 0 Å². The highest BCUT2D eigenvalue weighted by Crippen LogP contribution is 2.42. The fourth-order valence-corrected chi connectivity index (χ4v) is 3.39. The first-order valence-electron chi connectivity index (χ1n) is 4.16. The lowest BCUT2D eigenvalue weighted by Gasteiger charge is -2.22. The molecule has 64 valence electrons. The molecule has 0 unspecified atom stereocenters. The lowest BCUT2D eigenvalue weighted by molar-refractivity contribution is 1.14. The van der Waals surface area contributed by atoms with Gasteiger partial charge in [-0.15, -0.1) is 0 Å². The number of halogens is 2. The van der Waals surface area contributed by atoms with Crippen molar-refractivity contribution >= 4 is 42.6 Å². The number of hydrogen-bond donors (Lipinski definition) is 0. The number of rotatable bonds is 0. The van der Waals surface area contributed by atoms with Crippen molar-refractivity contribution in [2.45, 2.75) is 6.42 Å². The maximum absolute atomic E-state index is 3.58. The molecule has 2 aromatic carbocycles. The van der Waals surface area contributed by atoms with Crippen LogP contribution in [0.2, 0.25) is 0 Å². The van der Waals surface area contributed by atoms with E-state index >= 15 is 0 Å². The van der Waals surface area contributed by atoms with Gasteiger partial charge in [-0.3, -0.25) is 0 Å². The lowest BCUT2D eigenvalue weighted by atomic mass is 9.85. The van der Waals surface area contributed by atoms with Crippen molar-refractivity contribution in [1.29, 1.82) is 0 Å². The van der Waals surface area contributed by atoms with Crippen LogP contribution in [0.3, 0.4) is 0 Å². The lowest BCUT2D eigenvalue weighted by Crippen LogP contribution is -2.04. The molecule has 0 aliphatic heterocycles. The average Bonchev–Trinajstić information content (AvgIpc) is 2.04. The molecule has 0 saturated heterocycles. The van der Waals surface area contributed by atoms with Gasteiger partial charge < -0.3 is 0 Å². The minimum Gasteiger partial charge on any atom is -0.0613 e. The summed E-state index contributed by atoms with van der Waals surface area (Å²) in [4.78, 5) is 0. The fraction of sp³-hybridized carbons (Fsp3) is 0.0909. The Labute approximate surface area is 93.2 Å². The normalized spacial score (nSPS) is 13.1. The van der Waals surface area contributed by atoms with E-state index in [0.29, 0.717) is 0 Å². The van der Waals surface area contributed by atoms with Crippen molar-refractivity contribution in [3.8, 4) is 0 Å². The van der Waals surface area contributed by atoms with Crippen LogP contribution in [0.5, 0.6) is 0 Å². The molecule has 2 aromatic rings. The van der Waals surface area contributed by atoms with Gasteiger partial charge in [-0.05, 0) is 34.4 Å². The third kappa shape index (κ3) is 0.960. The highest BCUT2D eigenvalue weighted by Gasteiger charge is 2.20. The van der Waals surface area contributed by atoms with Gasteiger partial charge >= 0.3 is 0 Å². The van der Waals surface area contributed by atoms with E-state index in [1.165, 1.54) is 30.8 Å². The van der Waals surface area contributed by atoms with Crippen LogP contribution in [0.25, 0.3) is 10.8 Å². The monoisotopic (exact) mass is 296 g/mol. The van der Waals surface area contributed by atoms with Crippen LogP contribution >= 0.6 is 31.9 Å². The summed E-state index contributed by atoms with van der Waals surface area (Å²) in [5.41, 5.74) is 2.92. The maximum atomic E-state index is 3.58. The van der Waals surface area contributed by atoms with Gasteiger partial charge in [0, 0.05) is 8.95 Å². The molecule has 1 aliphatic rings. The molecule has 1 aliphatic carbocycles. The summed E-state index contributed by atoms with van der Waals surface area (Å²) >= 11 is 7.16. The van der Waals surface area contributed by atoms with Crippen LogP contribution in [-0.4, -0.2) is 0 Å². The predicted molar refractivity (Wildman–Crippen MR) is 62.2 cm³/mol. The van der Waals surface area contributed by atoms with Gasteiger partial charge in [0.05, 0.1) is 0 Å². The van der Waals surface area contributed by atoms with Gasteiger partial charge in [0.15, 0.2) is 0 Å². The molecular formula is C11H6Br2. The van der Waals surface area contributed by atoms with Crippen molar-refractivity contribution in [2.75, 3.05) is 0 Å². The topological polar surface area (TPSA) is 0 Å². The molecule has 0 radical (unpaired) electrons. The summed E-state index contributed by atoms with van der Waals surface area (Å²) in [5, 5.41) is 2.77. The van der Waals surface area contributed by atoms with Gasteiger partial charge in [-0.1, -0.05) is 50.1 Å². The van der Waals surface area contributed by atoms with Gasteiger partial charge in [0.1, 0.15) is 0 Å². The third-order valence-corrected chi connectivity index (χ3v) is 3.98. The van der Waals surface area contributed by atoms with Crippen LogP contribution in [0, 0.1) is 0 Å². The first kappa shape index (κ1) is 8.01. The van der Waals surface area contributed by atoms with Crippen molar-refractivity contribution in [3.05, 3.63) is 44.3 Å². The molecule has 3 rings (SSSR count). The minimum atomic E-state index is 1.11. The third-order valence-electron chi connectivity index (χ3n) is 2.62. The van der Waals surface area contributed by atoms with Gasteiger partial charge in [-0.2, -0.15) is 0 Å². The zero-order chi connectivity index (χ0) is 9.00. The van der Waals surface area contributed by atoms with Gasteiger partial charge in [0.2, 0.25) is 0 Å². The van der Waals surface area contributed by atoms with Gasteiger partial charge in [-0.25, -0.2) is 0 Å². The summed E-state index contributed by atoms with van der Waals surface area (Å²) in [7, 11) is 0. The Bertz CT molecular complexity index is 515. The maximum Gasteiger partial charge on any atom is 0.0265 e. The molecule has 2 heteroatoms. The van der Waals surface area contributed by atoms with Crippen molar-refractivity contribution in [1.82, 2.24) is 0 Å². The quantitative estimate of drug-likeness (QED) is 0.581. The molecule has 13 heavy (non-hydrogen) atoms. The summed E-state index contributed by atoms with van der Waals surface area (Å²) in [5.74, 6) is 0. The SMILES string of the molecule is Brc1cc(Br)c2cccc3c2c1C3. The Hall–Kier alpha value is -0.340. The van der Waals surface area contributed by atoms with E-state index in [1.807, 2.05) is 0 Å². The fourth-order valence-electron chi connectivity index (χ4n) is 1.95. The molecular weight excluding hydrogens is 292 g/mol. The van der Waals surface area contributed by atoms with Crippen LogP contribution in [0.1, 0.15) is 11.1 Å². The molecule has 0 spiro atoms. The second-order valence-electron chi connectivity index (χ2n) is 3.34. The molecule has 0 nitrogen and oxygen atoms in total. The summed E-state index contributed by atoms with van der Waals surface area (Å²) in [6.45, 7) is 0. The van der Waals surface area contributed by atoms with Crippen molar-refractivity contribution in [2.24, 2.45) is 0 Å². The van der Waals surface area contributed by atoms with E-state index in [2.05, 4.69) is 56.1 Å². The standard InChI is InChI=1S/C11H6Br2/c12-9-5-10(13)8-4-6-2-1-3-7(9)11(6)8/h1-3,5H,4H2. The van der Waals surface area contributed by atoms with E-state index in [-0.39, 0.29) is 0 Å². The highest BCUT2D eigenvalue weighted by atomic mass is 79.9. The first-order valence-corrected chi connectivity index (χ1v) is 5.74. The van der Waals surface area contributed by atoms with Gasteiger partial charge in [0.25, 0.3) is 0 Å². The first-order chi connectivity index (χ1) is 6.27. The Morgan fingerprint density at radius 3 is 2.77 bits per heavy atom. The molecule has 0 fully saturated rings. The molecule has 0 atom stereocenters. The summed E-state index contributed by atoms with van der Waals surface area (Å²) < 4.78 is 2.41. The Kier molecular flexibility index (Phi) is 1.59. The summed E-state index contributed by atoms with van der Waals surface area (Å²) in [6, 6.07) is 8.63. The second-order valence-corrected chi connectivity index (χ2v) is 5.04. The number of benzene rings is 2. The van der Waals surface area contributed by atoms with E-state index in [4.69, 9.17) is 0 Å². The highest BCUT2D eigenvalue weighted by molar-refractivity contribution is 9.11. The molecule has 0 saturated carbocycles. The Morgan fingerprint density at radius 1 is 1.08 bits per heavy atom. The molecule has 0 bridgehead atoms. The van der Waals surface area contributed by atoms with E-state index in [9.17, 15) is 0 Å². The minimum absolute atomic E-state index is 1.11. The molecule has 0 N–H and O–H groups in total. The largest absolute Gasteiger partial charge is 0.0613 e. The van der Waals surface area contributed by atoms with Crippen LogP contribution in [-0.2, 0) is 6.42 Å². The van der Waals surface area contributed by atoms with Crippen molar-refractivity contribution < 1.29 is 0 Å². The second kappa shape index (κ2) is 2.58. The number of hydrogen-bond acceptors (Lipinski definition) is 0. The predicted octanol–water partition coefficient (Wildman–Crippen LogP) is 4.27. The zero-order valence-electron chi connectivity index (χ0n) is 6.77. The van der Waals surface area contributed by atoms with Crippen LogP contribution < -0.4 is 0 Å². The Balaban J connectivity index is 2.58. The smallest absolute Gasteiger partial charge is 0.0265 e. The van der Waals surface area contributed by atoms with Crippen LogP contribution in [0.15, 0.2) is 33.2 Å². The van der Waals surface area contributed by atoms with E-state index < -0.39 is 0 Å². The zero-order valence-corrected chi connectivity index (χ0v) is 9.94. The molecule has 0 heterocycles.